The minimum absolute atomic E-state index is 0.215. The first-order valence-corrected chi connectivity index (χ1v) is 9.14. The fourth-order valence-corrected chi connectivity index (χ4v) is 3.85. The van der Waals surface area contributed by atoms with Crippen molar-refractivity contribution in [3.8, 4) is 0 Å². The second kappa shape index (κ2) is 7.87. The van der Waals surface area contributed by atoms with Crippen LogP contribution >= 0.6 is 0 Å². The van der Waals surface area contributed by atoms with Crippen molar-refractivity contribution in [2.75, 3.05) is 6.61 Å². The third-order valence-corrected chi connectivity index (χ3v) is 5.10. The maximum Gasteiger partial charge on any atom is 0.307 e. The van der Waals surface area contributed by atoms with Crippen molar-refractivity contribution < 1.29 is 14.3 Å². The molecule has 0 heterocycles. The molecule has 0 aromatic heterocycles. The average molecular weight is 341 g/mol. The SMILES string of the molecule is CCOC(=O)CC1(N)CCCC2CC=C(OCc3ccccc3)C=C21. The highest BCUT2D eigenvalue weighted by Gasteiger charge is 2.40. The number of hydrogen-bond donors (Lipinski definition) is 1. The van der Waals surface area contributed by atoms with E-state index < -0.39 is 5.54 Å². The van der Waals surface area contributed by atoms with Gasteiger partial charge in [-0.2, -0.15) is 0 Å². The lowest BCUT2D eigenvalue weighted by molar-refractivity contribution is -0.144. The van der Waals surface area contributed by atoms with E-state index in [4.69, 9.17) is 15.2 Å². The van der Waals surface area contributed by atoms with Crippen molar-refractivity contribution in [3.63, 3.8) is 0 Å². The van der Waals surface area contributed by atoms with Gasteiger partial charge in [-0.25, -0.2) is 0 Å². The van der Waals surface area contributed by atoms with Crippen LogP contribution in [0.2, 0.25) is 0 Å². The number of nitrogens with two attached hydrogens (primary N) is 1. The van der Waals surface area contributed by atoms with Gasteiger partial charge in [0, 0.05) is 5.54 Å². The maximum absolute atomic E-state index is 12.0. The summed E-state index contributed by atoms with van der Waals surface area (Å²) < 4.78 is 11.1. The van der Waals surface area contributed by atoms with Gasteiger partial charge in [0.15, 0.2) is 0 Å². The minimum atomic E-state index is -0.606. The molecule has 0 radical (unpaired) electrons. The van der Waals surface area contributed by atoms with Gasteiger partial charge in [0.25, 0.3) is 0 Å². The van der Waals surface area contributed by atoms with E-state index in [0.29, 0.717) is 19.1 Å². The van der Waals surface area contributed by atoms with Crippen LogP contribution in [0, 0.1) is 5.92 Å². The normalized spacial score (nSPS) is 25.4. The fraction of sp³-hybridized carbons (Fsp3) is 0.476. The van der Waals surface area contributed by atoms with Crippen LogP contribution in [0.1, 0.15) is 44.6 Å². The summed E-state index contributed by atoms with van der Waals surface area (Å²) in [5.41, 5.74) is 8.34. The Balaban J connectivity index is 1.72. The van der Waals surface area contributed by atoms with Gasteiger partial charge in [0.2, 0.25) is 0 Å². The predicted octanol–water partition coefficient (Wildman–Crippen LogP) is 3.87. The quantitative estimate of drug-likeness (QED) is 0.798. The van der Waals surface area contributed by atoms with E-state index in [1.165, 1.54) is 0 Å². The molecule has 1 aromatic rings. The Morgan fingerprint density at radius 2 is 2.12 bits per heavy atom. The second-order valence-corrected chi connectivity index (χ2v) is 6.94. The number of hydrogen-bond acceptors (Lipinski definition) is 4. The molecule has 4 nitrogen and oxygen atoms in total. The van der Waals surface area contributed by atoms with Crippen LogP contribution in [0.5, 0.6) is 0 Å². The number of esters is 1. The third kappa shape index (κ3) is 4.31. The molecule has 2 atom stereocenters. The number of ether oxygens (including phenoxy) is 2. The summed E-state index contributed by atoms with van der Waals surface area (Å²) in [4.78, 5) is 12.0. The molecule has 1 saturated carbocycles. The number of benzene rings is 1. The Morgan fingerprint density at radius 3 is 2.88 bits per heavy atom. The summed E-state index contributed by atoms with van der Waals surface area (Å²) in [6.07, 6.45) is 8.37. The highest BCUT2D eigenvalue weighted by molar-refractivity contribution is 5.72. The summed E-state index contributed by atoms with van der Waals surface area (Å²) >= 11 is 0. The van der Waals surface area contributed by atoms with Gasteiger partial charge < -0.3 is 15.2 Å². The molecule has 134 valence electrons. The van der Waals surface area contributed by atoms with Crippen molar-refractivity contribution in [1.29, 1.82) is 0 Å². The van der Waals surface area contributed by atoms with Crippen LogP contribution in [0.25, 0.3) is 0 Å². The number of rotatable bonds is 6. The molecule has 1 fully saturated rings. The van der Waals surface area contributed by atoms with Crippen molar-refractivity contribution in [2.45, 2.75) is 51.2 Å². The molecular formula is C21H27NO3. The predicted molar refractivity (Wildman–Crippen MR) is 97.5 cm³/mol. The van der Waals surface area contributed by atoms with E-state index >= 15 is 0 Å². The number of allylic oxidation sites excluding steroid dienone is 2. The van der Waals surface area contributed by atoms with Crippen LogP contribution in [-0.2, 0) is 20.9 Å². The fourth-order valence-electron chi connectivity index (χ4n) is 3.85. The van der Waals surface area contributed by atoms with Gasteiger partial charge in [-0.05, 0) is 55.4 Å². The van der Waals surface area contributed by atoms with E-state index in [9.17, 15) is 4.79 Å². The molecule has 1 aromatic carbocycles. The van der Waals surface area contributed by atoms with Crippen LogP contribution in [0.4, 0.5) is 0 Å². The highest BCUT2D eigenvalue weighted by atomic mass is 16.5. The number of fused-ring (bicyclic) bond motifs is 1. The minimum Gasteiger partial charge on any atom is -0.489 e. The summed E-state index contributed by atoms with van der Waals surface area (Å²) in [5, 5.41) is 0. The summed E-state index contributed by atoms with van der Waals surface area (Å²) in [5.74, 6) is 1.06. The summed E-state index contributed by atoms with van der Waals surface area (Å²) in [7, 11) is 0. The zero-order valence-electron chi connectivity index (χ0n) is 14.9. The van der Waals surface area contributed by atoms with Gasteiger partial charge in [0.05, 0.1) is 13.0 Å². The summed E-state index contributed by atoms with van der Waals surface area (Å²) in [6.45, 7) is 2.75. The van der Waals surface area contributed by atoms with Crippen LogP contribution in [0.15, 0.2) is 53.8 Å². The Morgan fingerprint density at radius 1 is 1.32 bits per heavy atom. The van der Waals surface area contributed by atoms with Crippen LogP contribution < -0.4 is 5.73 Å². The van der Waals surface area contributed by atoms with E-state index in [1.807, 2.05) is 37.3 Å². The molecule has 4 heteroatoms. The molecule has 2 aliphatic rings. The molecule has 3 rings (SSSR count). The van der Waals surface area contributed by atoms with Gasteiger partial charge in [0.1, 0.15) is 12.4 Å². The van der Waals surface area contributed by atoms with Crippen molar-refractivity contribution in [1.82, 2.24) is 0 Å². The first kappa shape index (κ1) is 17.7. The maximum atomic E-state index is 12.0. The molecule has 0 bridgehead atoms. The largest absolute Gasteiger partial charge is 0.489 e. The summed E-state index contributed by atoms with van der Waals surface area (Å²) in [6, 6.07) is 10.1. The van der Waals surface area contributed by atoms with Crippen molar-refractivity contribution in [3.05, 3.63) is 59.4 Å². The van der Waals surface area contributed by atoms with Crippen molar-refractivity contribution >= 4 is 5.97 Å². The van der Waals surface area contributed by atoms with Crippen LogP contribution in [0.3, 0.4) is 0 Å². The molecule has 2 N–H and O–H groups in total. The molecule has 0 aliphatic heterocycles. The Kier molecular flexibility index (Phi) is 5.59. The smallest absolute Gasteiger partial charge is 0.307 e. The molecule has 0 amide bonds. The van der Waals surface area contributed by atoms with Gasteiger partial charge >= 0.3 is 5.97 Å². The first-order chi connectivity index (χ1) is 12.1. The van der Waals surface area contributed by atoms with Crippen LogP contribution in [-0.4, -0.2) is 18.1 Å². The van der Waals surface area contributed by atoms with Gasteiger partial charge in [-0.15, -0.1) is 0 Å². The molecule has 0 saturated heterocycles. The van der Waals surface area contributed by atoms with E-state index in [2.05, 4.69) is 12.2 Å². The standard InChI is InChI=1S/C21H27NO3/c1-2-24-20(23)14-21(22)12-6-9-17-10-11-18(13-19(17)21)25-15-16-7-4-3-5-8-16/h3-5,7-8,11,13,17H,2,6,9-10,12,14-15,22H2,1H3. The van der Waals surface area contributed by atoms with Gasteiger partial charge in [-0.3, -0.25) is 4.79 Å². The van der Waals surface area contributed by atoms with Gasteiger partial charge in [-0.1, -0.05) is 36.8 Å². The second-order valence-electron chi connectivity index (χ2n) is 6.94. The van der Waals surface area contributed by atoms with E-state index in [-0.39, 0.29) is 12.4 Å². The molecular weight excluding hydrogens is 314 g/mol. The lowest BCUT2D eigenvalue weighted by Crippen LogP contribution is -2.49. The van der Waals surface area contributed by atoms with E-state index in [1.54, 1.807) is 0 Å². The lowest BCUT2D eigenvalue weighted by Gasteiger charge is -2.42. The average Bonchev–Trinajstić information content (AvgIpc) is 2.61. The zero-order chi connectivity index (χ0) is 17.7. The Hall–Kier alpha value is -2.07. The Labute approximate surface area is 149 Å². The molecule has 2 unspecified atom stereocenters. The monoisotopic (exact) mass is 341 g/mol. The number of carbonyl (C=O) groups excluding carboxylic acids is 1. The zero-order valence-corrected chi connectivity index (χ0v) is 14.9. The Bertz CT molecular complexity index is 665. The highest BCUT2D eigenvalue weighted by Crippen LogP contribution is 2.43. The van der Waals surface area contributed by atoms with E-state index in [0.717, 1.165) is 42.6 Å². The molecule has 0 spiro atoms. The molecule has 2 aliphatic carbocycles. The number of carbonyl (C=O) groups is 1. The first-order valence-electron chi connectivity index (χ1n) is 9.14. The molecule has 25 heavy (non-hydrogen) atoms. The van der Waals surface area contributed by atoms with Crippen molar-refractivity contribution in [2.24, 2.45) is 11.7 Å². The topological polar surface area (TPSA) is 61.5 Å². The third-order valence-electron chi connectivity index (χ3n) is 5.10. The lowest BCUT2D eigenvalue weighted by atomic mass is 9.67.